The molecule has 3 aromatic rings. The van der Waals surface area contributed by atoms with Gasteiger partial charge < -0.3 is 20.1 Å². The zero-order chi connectivity index (χ0) is 31.3. The number of hydrogen-bond acceptors (Lipinski definition) is 8. The van der Waals surface area contributed by atoms with Gasteiger partial charge in [-0.1, -0.05) is 23.2 Å². The normalized spacial score (nSPS) is 15.1. The van der Waals surface area contributed by atoms with Crippen molar-refractivity contribution in [1.82, 2.24) is 25.1 Å². The zero-order valence-electron chi connectivity index (χ0n) is 22.1. The summed E-state index contributed by atoms with van der Waals surface area (Å²) in [5.41, 5.74) is -0.525. The number of pyridine rings is 1. The SMILES string of the molecule is CCOCCN1OCC(NC(=O)c2cc(Cl)cc(Br)c2NC(=O)c2cc(OCC(F)(F)F)nn2-c2ncccc2Cl)C1=O. The summed E-state index contributed by atoms with van der Waals surface area (Å²) in [6.45, 7) is 0.857. The van der Waals surface area contributed by atoms with Crippen molar-refractivity contribution < 1.29 is 41.9 Å². The van der Waals surface area contributed by atoms with E-state index in [0.717, 1.165) is 15.8 Å². The molecule has 0 spiro atoms. The van der Waals surface area contributed by atoms with Crippen molar-refractivity contribution in [3.8, 4) is 11.7 Å². The average Bonchev–Trinajstić information content (AvgIpc) is 3.52. The molecule has 1 aliphatic rings. The molecular formula is C25H22BrCl2F3N6O6. The number of carbonyl (C=O) groups is 3. The van der Waals surface area contributed by atoms with E-state index in [0.29, 0.717) is 6.61 Å². The minimum Gasteiger partial charge on any atom is -0.467 e. The number of benzene rings is 1. The third kappa shape index (κ3) is 8.14. The predicted molar refractivity (Wildman–Crippen MR) is 150 cm³/mol. The van der Waals surface area contributed by atoms with Gasteiger partial charge in [-0.3, -0.25) is 19.2 Å². The van der Waals surface area contributed by atoms with Crippen LogP contribution in [0.5, 0.6) is 5.88 Å². The third-order valence-electron chi connectivity index (χ3n) is 5.67. The first kappa shape index (κ1) is 32.5. The number of carbonyl (C=O) groups excluding carboxylic acids is 3. The van der Waals surface area contributed by atoms with Crippen molar-refractivity contribution in [3.05, 3.63) is 62.3 Å². The number of rotatable bonds is 11. The standard InChI is InChI=1S/C25H22BrCl2F3N6O6/c1-2-41-7-6-36-24(40)17(11-43-36)33-22(38)14-8-13(27)9-15(26)20(14)34-23(39)18-10-19(42-12-25(29,30)31)35-37(18)21-16(28)4-3-5-32-21/h3-5,8-10,17H,2,6-7,11-12H2,1H3,(H,33,38)(H,34,39). The summed E-state index contributed by atoms with van der Waals surface area (Å²) in [6.07, 6.45) is -3.33. The number of hydroxylamine groups is 2. The lowest BCUT2D eigenvalue weighted by molar-refractivity contribution is -0.164. The van der Waals surface area contributed by atoms with Crippen LogP contribution in [0.2, 0.25) is 10.0 Å². The maximum absolute atomic E-state index is 13.5. The third-order valence-corrected chi connectivity index (χ3v) is 6.81. The van der Waals surface area contributed by atoms with E-state index >= 15 is 0 Å². The van der Waals surface area contributed by atoms with Gasteiger partial charge in [-0.2, -0.15) is 13.2 Å². The van der Waals surface area contributed by atoms with Crippen LogP contribution in [-0.4, -0.2) is 82.7 Å². The molecule has 2 N–H and O–H groups in total. The molecule has 1 unspecified atom stereocenters. The molecule has 1 fully saturated rings. The van der Waals surface area contributed by atoms with Crippen LogP contribution < -0.4 is 15.4 Å². The minimum absolute atomic E-state index is 0.0357. The van der Waals surface area contributed by atoms with E-state index in [2.05, 4.69) is 36.6 Å². The van der Waals surface area contributed by atoms with Gasteiger partial charge >= 0.3 is 6.18 Å². The molecule has 0 aliphatic carbocycles. The first-order chi connectivity index (χ1) is 20.4. The Labute approximate surface area is 260 Å². The lowest BCUT2D eigenvalue weighted by Crippen LogP contribution is -2.43. The van der Waals surface area contributed by atoms with Crippen LogP contribution in [-0.2, 0) is 14.4 Å². The molecule has 230 valence electrons. The van der Waals surface area contributed by atoms with Gasteiger partial charge in [-0.05, 0) is 47.1 Å². The molecule has 43 heavy (non-hydrogen) atoms. The van der Waals surface area contributed by atoms with Gasteiger partial charge in [0.1, 0.15) is 18.3 Å². The number of aromatic nitrogens is 3. The molecule has 1 saturated heterocycles. The van der Waals surface area contributed by atoms with E-state index in [-0.39, 0.29) is 57.0 Å². The Bertz CT molecular complexity index is 1530. The fourth-order valence-electron chi connectivity index (χ4n) is 3.78. The Morgan fingerprint density at radius 2 is 2.00 bits per heavy atom. The number of ether oxygens (including phenoxy) is 2. The smallest absolute Gasteiger partial charge is 0.422 e. The molecule has 18 heteroatoms. The number of anilines is 1. The van der Waals surface area contributed by atoms with E-state index in [9.17, 15) is 27.6 Å². The topological polar surface area (TPSA) is 137 Å². The molecule has 4 rings (SSSR count). The highest BCUT2D eigenvalue weighted by Crippen LogP contribution is 2.32. The second-order valence-corrected chi connectivity index (χ2v) is 10.4. The van der Waals surface area contributed by atoms with E-state index < -0.39 is 42.4 Å². The fraction of sp³-hybridized carbons (Fsp3) is 0.320. The number of halogens is 6. The largest absolute Gasteiger partial charge is 0.467 e. The maximum atomic E-state index is 13.5. The number of alkyl halides is 3. The van der Waals surface area contributed by atoms with Crippen LogP contribution in [0.1, 0.15) is 27.8 Å². The van der Waals surface area contributed by atoms with E-state index in [4.69, 9.17) is 37.5 Å². The van der Waals surface area contributed by atoms with Crippen molar-refractivity contribution >= 4 is 62.5 Å². The molecule has 1 aromatic carbocycles. The summed E-state index contributed by atoms with van der Waals surface area (Å²) >= 11 is 15.6. The molecule has 1 aliphatic heterocycles. The summed E-state index contributed by atoms with van der Waals surface area (Å²) in [6, 6.07) is 5.53. The average molecular weight is 710 g/mol. The quantitative estimate of drug-likeness (QED) is 0.279. The molecule has 2 aromatic heterocycles. The lowest BCUT2D eigenvalue weighted by Gasteiger charge is -2.16. The Balaban J connectivity index is 1.61. The second-order valence-electron chi connectivity index (χ2n) is 8.72. The molecular weight excluding hydrogens is 688 g/mol. The van der Waals surface area contributed by atoms with Gasteiger partial charge in [0.15, 0.2) is 12.4 Å². The Morgan fingerprint density at radius 3 is 2.70 bits per heavy atom. The fourth-order valence-corrected chi connectivity index (χ4v) is 4.89. The molecule has 0 radical (unpaired) electrons. The van der Waals surface area contributed by atoms with Crippen molar-refractivity contribution in [3.63, 3.8) is 0 Å². The van der Waals surface area contributed by atoms with Crippen molar-refractivity contribution in [2.24, 2.45) is 0 Å². The summed E-state index contributed by atoms with van der Waals surface area (Å²) in [7, 11) is 0. The Hall–Kier alpha value is -3.44. The highest BCUT2D eigenvalue weighted by molar-refractivity contribution is 9.10. The highest BCUT2D eigenvalue weighted by atomic mass is 79.9. The van der Waals surface area contributed by atoms with Gasteiger partial charge in [-0.15, -0.1) is 5.10 Å². The minimum atomic E-state index is -4.67. The molecule has 3 heterocycles. The van der Waals surface area contributed by atoms with Crippen LogP contribution in [0, 0.1) is 0 Å². The van der Waals surface area contributed by atoms with Gasteiger partial charge in [0.2, 0.25) is 5.88 Å². The van der Waals surface area contributed by atoms with Gasteiger partial charge in [0.25, 0.3) is 17.7 Å². The number of nitrogens with one attached hydrogen (secondary N) is 2. The van der Waals surface area contributed by atoms with Gasteiger partial charge in [0, 0.05) is 28.4 Å². The monoisotopic (exact) mass is 708 g/mol. The highest BCUT2D eigenvalue weighted by Gasteiger charge is 2.35. The molecule has 3 amide bonds. The van der Waals surface area contributed by atoms with Crippen molar-refractivity contribution in [2.75, 3.05) is 38.3 Å². The lowest BCUT2D eigenvalue weighted by atomic mass is 10.1. The van der Waals surface area contributed by atoms with Crippen LogP contribution in [0.3, 0.4) is 0 Å². The summed E-state index contributed by atoms with van der Waals surface area (Å²) in [5, 5.41) is 10.3. The molecule has 12 nitrogen and oxygen atoms in total. The van der Waals surface area contributed by atoms with Crippen LogP contribution in [0.4, 0.5) is 18.9 Å². The molecule has 1 atom stereocenters. The molecule has 0 bridgehead atoms. The summed E-state index contributed by atoms with van der Waals surface area (Å²) in [4.78, 5) is 48.9. The predicted octanol–water partition coefficient (Wildman–Crippen LogP) is 4.44. The van der Waals surface area contributed by atoms with E-state index in [1.165, 1.54) is 30.5 Å². The zero-order valence-corrected chi connectivity index (χ0v) is 25.2. The Morgan fingerprint density at radius 1 is 1.23 bits per heavy atom. The first-order valence-corrected chi connectivity index (χ1v) is 14.0. The second kappa shape index (κ2) is 13.9. The number of hydrogen-bond donors (Lipinski definition) is 2. The van der Waals surface area contributed by atoms with E-state index in [1.54, 1.807) is 6.92 Å². The van der Waals surface area contributed by atoms with Crippen LogP contribution in [0.25, 0.3) is 5.82 Å². The summed E-state index contributed by atoms with van der Waals surface area (Å²) < 4.78 is 49.4. The number of amides is 3. The van der Waals surface area contributed by atoms with Gasteiger partial charge in [-0.25, -0.2) is 14.7 Å². The van der Waals surface area contributed by atoms with Gasteiger partial charge in [0.05, 0.1) is 29.4 Å². The Kier molecular flexibility index (Phi) is 10.5. The van der Waals surface area contributed by atoms with Crippen molar-refractivity contribution in [2.45, 2.75) is 19.1 Å². The maximum Gasteiger partial charge on any atom is 0.422 e. The van der Waals surface area contributed by atoms with Crippen molar-refractivity contribution in [1.29, 1.82) is 0 Å². The van der Waals surface area contributed by atoms with E-state index in [1.807, 2.05) is 0 Å². The van der Waals surface area contributed by atoms with Crippen LogP contribution in [0.15, 0.2) is 41.0 Å². The number of nitrogens with zero attached hydrogens (tertiary/aromatic N) is 4. The van der Waals surface area contributed by atoms with Crippen LogP contribution >= 0.6 is 39.1 Å². The first-order valence-electron chi connectivity index (χ1n) is 12.4. The molecule has 0 saturated carbocycles. The summed E-state index contributed by atoms with van der Waals surface area (Å²) in [5.74, 6) is -2.80.